The van der Waals surface area contributed by atoms with Crippen LogP contribution in [-0.4, -0.2) is 45.9 Å². The Balaban J connectivity index is 1.41. The molecule has 0 aromatic carbocycles. The zero-order valence-electron chi connectivity index (χ0n) is 13.4. The van der Waals surface area contributed by atoms with Crippen molar-refractivity contribution in [1.82, 2.24) is 25.5 Å². The van der Waals surface area contributed by atoms with Crippen LogP contribution in [0.5, 0.6) is 0 Å². The number of carbonyl (C=O) groups is 1. The van der Waals surface area contributed by atoms with Crippen LogP contribution in [0.25, 0.3) is 10.6 Å². The van der Waals surface area contributed by atoms with Crippen LogP contribution in [-0.2, 0) is 0 Å². The van der Waals surface area contributed by atoms with Crippen molar-refractivity contribution >= 4 is 35.7 Å². The third-order valence-corrected chi connectivity index (χ3v) is 4.23. The maximum Gasteiger partial charge on any atom is 0.271 e. The lowest BCUT2D eigenvalue weighted by molar-refractivity contribution is 0.0948. The van der Waals surface area contributed by atoms with Crippen LogP contribution in [0.4, 0.5) is 11.8 Å². The van der Waals surface area contributed by atoms with Crippen LogP contribution < -0.4 is 10.6 Å². The lowest BCUT2D eigenvalue weighted by Gasteiger charge is -2.06. The number of hydrogen-bond donors (Lipinski definition) is 3. The monoisotopic (exact) mass is 355 g/mol. The molecule has 0 saturated carbocycles. The van der Waals surface area contributed by atoms with Crippen molar-refractivity contribution in [2.24, 2.45) is 4.99 Å². The van der Waals surface area contributed by atoms with Crippen LogP contribution in [0.15, 0.2) is 40.8 Å². The number of hydrogen-bond acceptors (Lipinski definition) is 7. The molecule has 0 aliphatic heterocycles. The lowest BCUT2D eigenvalue weighted by atomic mass is 10.3. The van der Waals surface area contributed by atoms with E-state index >= 15 is 0 Å². The van der Waals surface area contributed by atoms with Gasteiger partial charge in [0.15, 0.2) is 5.69 Å². The summed E-state index contributed by atoms with van der Waals surface area (Å²) < 4.78 is 0. The molecule has 0 atom stereocenters. The van der Waals surface area contributed by atoms with Crippen molar-refractivity contribution in [3.63, 3.8) is 0 Å². The van der Waals surface area contributed by atoms with Gasteiger partial charge in [0.25, 0.3) is 11.9 Å². The average Bonchev–Trinajstić information content (AvgIpc) is 3.32. The van der Waals surface area contributed by atoms with Gasteiger partial charge in [0.1, 0.15) is 5.82 Å². The largest absolute Gasteiger partial charge is 0.370 e. The minimum atomic E-state index is -0.195. The summed E-state index contributed by atoms with van der Waals surface area (Å²) in [6, 6.07) is 7.44. The topological polar surface area (TPSA) is 108 Å². The maximum atomic E-state index is 12.1. The number of H-pyrrole nitrogens is 1. The molecule has 8 nitrogen and oxygen atoms in total. The van der Waals surface area contributed by atoms with Gasteiger partial charge < -0.3 is 10.6 Å². The first kappa shape index (κ1) is 16.8. The number of thiophene rings is 1. The second-order valence-corrected chi connectivity index (χ2v) is 6.03. The third kappa shape index (κ3) is 4.48. The third-order valence-electron chi connectivity index (χ3n) is 3.33. The summed E-state index contributed by atoms with van der Waals surface area (Å²) >= 11 is 1.59. The van der Waals surface area contributed by atoms with Crippen LogP contribution >= 0.6 is 11.3 Å². The molecule has 3 heterocycles. The SMILES string of the molecule is C=Nc1nccc(NCCCNC(=O)c2cc(-c3cccs3)[nH]n2)n1. The summed E-state index contributed by atoms with van der Waals surface area (Å²) in [5, 5.41) is 14.9. The van der Waals surface area contributed by atoms with Gasteiger partial charge in [-0.2, -0.15) is 10.1 Å². The fourth-order valence-corrected chi connectivity index (χ4v) is 2.81. The average molecular weight is 355 g/mol. The molecule has 0 bridgehead atoms. The number of aromatic amines is 1. The van der Waals surface area contributed by atoms with Crippen LogP contribution in [0.1, 0.15) is 16.9 Å². The van der Waals surface area contributed by atoms with Crippen LogP contribution in [0.2, 0.25) is 0 Å². The van der Waals surface area contributed by atoms with Gasteiger partial charge in [-0.25, -0.2) is 9.98 Å². The molecule has 128 valence electrons. The van der Waals surface area contributed by atoms with Gasteiger partial charge >= 0.3 is 0 Å². The molecule has 0 aliphatic rings. The first-order valence-corrected chi connectivity index (χ1v) is 8.55. The fraction of sp³-hybridized carbons (Fsp3) is 0.188. The number of aromatic nitrogens is 4. The molecule has 0 unspecified atom stereocenters. The highest BCUT2D eigenvalue weighted by Crippen LogP contribution is 2.22. The number of rotatable bonds is 8. The molecule has 3 aromatic heterocycles. The van der Waals surface area contributed by atoms with Gasteiger partial charge in [-0.05, 0) is 36.7 Å². The summed E-state index contributed by atoms with van der Waals surface area (Å²) in [7, 11) is 0. The molecular formula is C16H17N7OS. The Hall–Kier alpha value is -3.07. The van der Waals surface area contributed by atoms with Gasteiger partial charge in [0.2, 0.25) is 0 Å². The summed E-state index contributed by atoms with van der Waals surface area (Å²) in [6.07, 6.45) is 2.36. The Kier molecular flexibility index (Phi) is 5.47. The molecule has 3 aromatic rings. The molecule has 9 heteroatoms. The Morgan fingerprint density at radius 2 is 2.28 bits per heavy atom. The quantitative estimate of drug-likeness (QED) is 0.425. The molecule has 0 spiro atoms. The van der Waals surface area contributed by atoms with E-state index in [1.165, 1.54) is 0 Å². The Labute approximate surface area is 148 Å². The second kappa shape index (κ2) is 8.15. The Morgan fingerprint density at radius 3 is 3.08 bits per heavy atom. The van der Waals surface area contributed by atoms with Crippen LogP contribution in [0.3, 0.4) is 0 Å². The van der Waals surface area contributed by atoms with E-state index in [1.54, 1.807) is 29.7 Å². The van der Waals surface area contributed by atoms with Crippen molar-refractivity contribution in [3.8, 4) is 10.6 Å². The highest BCUT2D eigenvalue weighted by molar-refractivity contribution is 7.13. The molecule has 0 aliphatic carbocycles. The van der Waals surface area contributed by atoms with E-state index in [9.17, 15) is 4.79 Å². The summed E-state index contributed by atoms with van der Waals surface area (Å²) in [4.78, 5) is 24.9. The molecule has 0 fully saturated rings. The molecular weight excluding hydrogens is 338 g/mol. The number of aliphatic imine (C=N–C) groups is 1. The normalized spacial score (nSPS) is 10.4. The smallest absolute Gasteiger partial charge is 0.271 e. The van der Waals surface area contributed by atoms with E-state index in [-0.39, 0.29) is 5.91 Å². The van der Waals surface area contributed by atoms with Gasteiger partial charge in [-0.15, -0.1) is 11.3 Å². The first-order valence-electron chi connectivity index (χ1n) is 7.67. The number of carbonyl (C=O) groups excluding carboxylic acids is 1. The summed E-state index contributed by atoms with van der Waals surface area (Å²) in [6.45, 7) is 4.58. The summed E-state index contributed by atoms with van der Waals surface area (Å²) in [5.41, 5.74) is 1.23. The van der Waals surface area contributed by atoms with Crippen molar-refractivity contribution < 1.29 is 4.79 Å². The number of nitrogens with one attached hydrogen (secondary N) is 3. The number of nitrogens with zero attached hydrogens (tertiary/aromatic N) is 4. The first-order chi connectivity index (χ1) is 12.3. The van der Waals surface area contributed by atoms with Crippen molar-refractivity contribution in [2.75, 3.05) is 18.4 Å². The number of amides is 1. The Morgan fingerprint density at radius 1 is 1.36 bits per heavy atom. The van der Waals surface area contributed by atoms with E-state index in [4.69, 9.17) is 0 Å². The highest BCUT2D eigenvalue weighted by atomic mass is 32.1. The minimum Gasteiger partial charge on any atom is -0.370 e. The lowest BCUT2D eigenvalue weighted by Crippen LogP contribution is -2.26. The van der Waals surface area contributed by atoms with E-state index in [2.05, 4.69) is 42.5 Å². The highest BCUT2D eigenvalue weighted by Gasteiger charge is 2.11. The minimum absolute atomic E-state index is 0.195. The van der Waals surface area contributed by atoms with Crippen molar-refractivity contribution in [1.29, 1.82) is 0 Å². The molecule has 25 heavy (non-hydrogen) atoms. The standard InChI is InChI=1S/C16H17N7OS/c1-17-16-20-8-5-14(21-16)18-6-3-7-19-15(24)12-10-11(22-23-12)13-4-2-9-25-13/h2,4-5,8-10H,1,3,6-7H2,(H,19,24)(H,22,23)(H,18,20,21). The molecule has 0 radical (unpaired) electrons. The Bertz CT molecular complexity index is 844. The second-order valence-electron chi connectivity index (χ2n) is 5.08. The van der Waals surface area contributed by atoms with Gasteiger partial charge in [0, 0.05) is 19.3 Å². The van der Waals surface area contributed by atoms with Gasteiger partial charge in [0.05, 0.1) is 10.6 Å². The predicted octanol–water partition coefficient (Wildman–Crippen LogP) is 2.49. The van der Waals surface area contributed by atoms with Crippen LogP contribution in [0, 0.1) is 0 Å². The zero-order chi connectivity index (χ0) is 17.5. The molecule has 3 N–H and O–H groups in total. The van der Waals surface area contributed by atoms with E-state index in [0.717, 1.165) is 17.0 Å². The number of anilines is 1. The van der Waals surface area contributed by atoms with Gasteiger partial charge in [-0.3, -0.25) is 9.89 Å². The molecule has 3 rings (SSSR count). The molecule has 0 saturated heterocycles. The zero-order valence-corrected chi connectivity index (χ0v) is 14.2. The fourth-order valence-electron chi connectivity index (χ4n) is 2.12. The maximum absolute atomic E-state index is 12.1. The summed E-state index contributed by atoms with van der Waals surface area (Å²) in [5.74, 6) is 0.814. The van der Waals surface area contributed by atoms with E-state index < -0.39 is 0 Å². The van der Waals surface area contributed by atoms with Crippen molar-refractivity contribution in [3.05, 3.63) is 41.5 Å². The van der Waals surface area contributed by atoms with Gasteiger partial charge in [-0.1, -0.05) is 6.07 Å². The van der Waals surface area contributed by atoms with E-state index in [0.29, 0.717) is 30.5 Å². The molecule has 1 amide bonds. The van der Waals surface area contributed by atoms with Crippen molar-refractivity contribution in [2.45, 2.75) is 6.42 Å². The predicted molar refractivity (Wildman–Crippen MR) is 98.6 cm³/mol. The van der Waals surface area contributed by atoms with E-state index in [1.807, 2.05) is 17.5 Å².